The van der Waals surface area contributed by atoms with Gasteiger partial charge in [0, 0.05) is 18.4 Å². The van der Waals surface area contributed by atoms with E-state index in [0.717, 1.165) is 26.9 Å². The number of hydrogen-bond acceptors (Lipinski definition) is 3. The van der Waals surface area contributed by atoms with E-state index >= 15 is 0 Å². The van der Waals surface area contributed by atoms with Crippen LogP contribution in [0.25, 0.3) is 10.8 Å². The lowest BCUT2D eigenvalue weighted by Gasteiger charge is -2.24. The molecule has 1 saturated heterocycles. The van der Waals surface area contributed by atoms with Crippen LogP contribution in [0.2, 0.25) is 0 Å². The highest BCUT2D eigenvalue weighted by Gasteiger charge is 2.39. The summed E-state index contributed by atoms with van der Waals surface area (Å²) < 4.78 is 0. The van der Waals surface area contributed by atoms with E-state index in [4.69, 9.17) is 0 Å². The Morgan fingerprint density at radius 1 is 0.967 bits per heavy atom. The van der Waals surface area contributed by atoms with Gasteiger partial charge in [0.2, 0.25) is 5.91 Å². The van der Waals surface area contributed by atoms with Crippen molar-refractivity contribution in [2.75, 3.05) is 18.0 Å². The van der Waals surface area contributed by atoms with E-state index in [2.05, 4.69) is 5.32 Å². The number of nitrogens with one attached hydrogen (secondary N) is 1. The minimum atomic E-state index is -0.652. The molecule has 30 heavy (non-hydrogen) atoms. The SMILES string of the molecule is CCN(C(=O)CN1C(=O)NC(Cc2ccccc2)C1=O)c1cccc2ccccc12. The standard InChI is InChI=1S/C24H23N3O3/c1-2-26(21-14-8-12-18-11-6-7-13-19(18)21)22(28)16-27-23(29)20(25-24(27)30)15-17-9-4-3-5-10-17/h3-14,20H,2,15-16H2,1H3,(H,25,30). The number of urea groups is 1. The average molecular weight is 401 g/mol. The zero-order chi connectivity index (χ0) is 21.1. The molecule has 6 heteroatoms. The Balaban J connectivity index is 1.52. The molecule has 1 aliphatic heterocycles. The van der Waals surface area contributed by atoms with Crippen molar-refractivity contribution in [1.82, 2.24) is 10.2 Å². The van der Waals surface area contributed by atoms with E-state index in [1.807, 2.05) is 79.7 Å². The first-order chi connectivity index (χ1) is 14.6. The van der Waals surface area contributed by atoms with Gasteiger partial charge in [-0.2, -0.15) is 0 Å². The summed E-state index contributed by atoms with van der Waals surface area (Å²) in [4.78, 5) is 40.9. The van der Waals surface area contributed by atoms with Gasteiger partial charge in [0.25, 0.3) is 5.91 Å². The second-order valence-electron chi connectivity index (χ2n) is 7.25. The zero-order valence-electron chi connectivity index (χ0n) is 16.7. The van der Waals surface area contributed by atoms with Crippen LogP contribution in [-0.4, -0.2) is 41.9 Å². The van der Waals surface area contributed by atoms with Crippen molar-refractivity contribution < 1.29 is 14.4 Å². The summed E-state index contributed by atoms with van der Waals surface area (Å²) in [7, 11) is 0. The fourth-order valence-corrected chi connectivity index (χ4v) is 3.86. The van der Waals surface area contributed by atoms with E-state index in [0.29, 0.717) is 13.0 Å². The van der Waals surface area contributed by atoms with Gasteiger partial charge in [0.05, 0.1) is 5.69 Å². The van der Waals surface area contributed by atoms with Gasteiger partial charge in [-0.05, 0) is 23.9 Å². The van der Waals surface area contributed by atoms with Crippen LogP contribution in [-0.2, 0) is 16.0 Å². The average Bonchev–Trinajstić information content (AvgIpc) is 3.02. The van der Waals surface area contributed by atoms with Crippen LogP contribution in [0.4, 0.5) is 10.5 Å². The third-order valence-corrected chi connectivity index (χ3v) is 5.36. The Morgan fingerprint density at radius 2 is 1.67 bits per heavy atom. The number of benzene rings is 3. The first-order valence-corrected chi connectivity index (χ1v) is 10.0. The molecular weight excluding hydrogens is 378 g/mol. The number of rotatable bonds is 6. The Labute approximate surface area is 175 Å². The van der Waals surface area contributed by atoms with Gasteiger partial charge in [0.15, 0.2) is 0 Å². The number of carbonyl (C=O) groups excluding carboxylic acids is 3. The Morgan fingerprint density at radius 3 is 2.43 bits per heavy atom. The molecule has 6 nitrogen and oxygen atoms in total. The molecule has 3 aromatic rings. The number of amides is 4. The molecule has 4 amide bonds. The predicted molar refractivity (Wildman–Crippen MR) is 116 cm³/mol. The maximum atomic E-state index is 13.1. The number of nitrogens with zero attached hydrogens (tertiary/aromatic N) is 2. The first kappa shape index (κ1) is 19.6. The van der Waals surface area contributed by atoms with Crippen LogP contribution in [0.15, 0.2) is 72.8 Å². The smallest absolute Gasteiger partial charge is 0.325 e. The summed E-state index contributed by atoms with van der Waals surface area (Å²) in [6.07, 6.45) is 0.400. The second kappa shape index (κ2) is 8.37. The number of fused-ring (bicyclic) bond motifs is 1. The molecule has 1 N–H and O–H groups in total. The molecule has 1 unspecified atom stereocenters. The van der Waals surface area contributed by atoms with Crippen LogP contribution in [0.3, 0.4) is 0 Å². The highest BCUT2D eigenvalue weighted by Crippen LogP contribution is 2.27. The molecule has 1 aliphatic rings. The minimum absolute atomic E-state index is 0.285. The van der Waals surface area contributed by atoms with Gasteiger partial charge in [-0.1, -0.05) is 66.7 Å². The van der Waals surface area contributed by atoms with Crippen LogP contribution in [0.5, 0.6) is 0 Å². The molecule has 0 spiro atoms. The lowest BCUT2D eigenvalue weighted by molar-refractivity contribution is -0.131. The number of imide groups is 1. The normalized spacial score (nSPS) is 16.0. The predicted octanol–water partition coefficient (Wildman–Crippen LogP) is 3.36. The fraction of sp³-hybridized carbons (Fsp3) is 0.208. The van der Waals surface area contributed by atoms with Gasteiger partial charge in [-0.15, -0.1) is 0 Å². The minimum Gasteiger partial charge on any atom is -0.325 e. The molecule has 1 fully saturated rings. The van der Waals surface area contributed by atoms with Crippen LogP contribution in [0.1, 0.15) is 12.5 Å². The highest BCUT2D eigenvalue weighted by molar-refractivity contribution is 6.10. The summed E-state index contributed by atoms with van der Waals surface area (Å²) >= 11 is 0. The van der Waals surface area contributed by atoms with Gasteiger partial charge in [-0.3, -0.25) is 14.5 Å². The van der Waals surface area contributed by atoms with Crippen molar-refractivity contribution in [1.29, 1.82) is 0 Å². The third-order valence-electron chi connectivity index (χ3n) is 5.36. The molecule has 0 aliphatic carbocycles. The van der Waals surface area contributed by atoms with Crippen molar-refractivity contribution >= 4 is 34.3 Å². The Hall–Kier alpha value is -3.67. The van der Waals surface area contributed by atoms with Gasteiger partial charge in [0.1, 0.15) is 12.6 Å². The van der Waals surface area contributed by atoms with Crippen molar-refractivity contribution in [3.05, 3.63) is 78.4 Å². The molecule has 152 valence electrons. The largest absolute Gasteiger partial charge is 0.325 e. The highest BCUT2D eigenvalue weighted by atomic mass is 16.2. The Kier molecular flexibility index (Phi) is 5.48. The molecular formula is C24H23N3O3. The van der Waals surface area contributed by atoms with E-state index in [1.54, 1.807) is 4.90 Å². The zero-order valence-corrected chi connectivity index (χ0v) is 16.7. The molecule has 0 bridgehead atoms. The van der Waals surface area contributed by atoms with E-state index in [9.17, 15) is 14.4 Å². The summed E-state index contributed by atoms with van der Waals surface area (Å²) in [6, 6.07) is 21.9. The van der Waals surface area contributed by atoms with Crippen LogP contribution in [0, 0.1) is 0 Å². The number of carbonyl (C=O) groups is 3. The van der Waals surface area contributed by atoms with E-state index in [-0.39, 0.29) is 18.4 Å². The maximum Gasteiger partial charge on any atom is 0.325 e. The lowest BCUT2D eigenvalue weighted by Crippen LogP contribution is -2.43. The van der Waals surface area contributed by atoms with E-state index in [1.165, 1.54) is 0 Å². The monoisotopic (exact) mass is 401 g/mol. The van der Waals surface area contributed by atoms with Crippen molar-refractivity contribution in [2.24, 2.45) is 0 Å². The van der Waals surface area contributed by atoms with Gasteiger partial charge < -0.3 is 10.2 Å². The quantitative estimate of drug-likeness (QED) is 0.644. The van der Waals surface area contributed by atoms with E-state index < -0.39 is 12.1 Å². The van der Waals surface area contributed by atoms with Crippen molar-refractivity contribution in [2.45, 2.75) is 19.4 Å². The summed E-state index contributed by atoms with van der Waals surface area (Å²) in [6.45, 7) is 2.03. The van der Waals surface area contributed by atoms with Crippen LogP contribution >= 0.6 is 0 Å². The summed E-state index contributed by atoms with van der Waals surface area (Å²) in [5, 5.41) is 4.68. The van der Waals surface area contributed by atoms with Crippen molar-refractivity contribution in [3.8, 4) is 0 Å². The number of hydrogen-bond donors (Lipinski definition) is 1. The lowest BCUT2D eigenvalue weighted by atomic mass is 10.1. The molecule has 3 aromatic carbocycles. The number of anilines is 1. The topological polar surface area (TPSA) is 69.7 Å². The summed E-state index contributed by atoms with van der Waals surface area (Å²) in [5.41, 5.74) is 1.73. The molecule has 0 saturated carbocycles. The first-order valence-electron chi connectivity index (χ1n) is 10.0. The molecule has 1 atom stereocenters. The number of likely N-dealkylation sites (N-methyl/N-ethyl adjacent to an activating group) is 1. The Bertz CT molecular complexity index is 1090. The molecule has 0 aromatic heterocycles. The third kappa shape index (κ3) is 3.76. The molecule has 1 heterocycles. The van der Waals surface area contributed by atoms with Gasteiger partial charge >= 0.3 is 6.03 Å². The molecule has 0 radical (unpaired) electrons. The summed E-state index contributed by atoms with van der Waals surface area (Å²) in [5.74, 6) is -0.663. The van der Waals surface area contributed by atoms with Crippen molar-refractivity contribution in [3.63, 3.8) is 0 Å². The second-order valence-corrected chi connectivity index (χ2v) is 7.25. The molecule has 4 rings (SSSR count). The fourth-order valence-electron chi connectivity index (χ4n) is 3.86. The van der Waals surface area contributed by atoms with Gasteiger partial charge in [-0.25, -0.2) is 4.79 Å². The van der Waals surface area contributed by atoms with Crippen LogP contribution < -0.4 is 10.2 Å². The maximum absolute atomic E-state index is 13.1.